The quantitative estimate of drug-likeness (QED) is 0.608. The van der Waals surface area contributed by atoms with Crippen LogP contribution in [-0.4, -0.2) is 5.11 Å². The number of phenolic OH excluding ortho intramolecular Hbond substituents is 1. The number of aromatic hydroxyl groups is 1. The number of para-hydroxylation sites is 1. The molecule has 1 nitrogen and oxygen atoms in total. The molecule has 0 fully saturated rings. The molecule has 0 heterocycles. The van der Waals surface area contributed by atoms with Gasteiger partial charge in [-0.15, -0.1) is 0 Å². The van der Waals surface area contributed by atoms with Gasteiger partial charge in [-0.3, -0.25) is 0 Å². The van der Waals surface area contributed by atoms with E-state index in [1.807, 2.05) is 18.2 Å². The summed E-state index contributed by atoms with van der Waals surface area (Å²) in [4.78, 5) is 0. The van der Waals surface area contributed by atoms with Crippen LogP contribution in [0.25, 0.3) is 0 Å². The third kappa shape index (κ3) is 3.21. The molecule has 0 atom stereocenters. The second kappa shape index (κ2) is 4.38. The molecule has 0 aromatic heterocycles. The van der Waals surface area contributed by atoms with Crippen molar-refractivity contribution in [2.75, 3.05) is 0 Å². The van der Waals surface area contributed by atoms with Crippen molar-refractivity contribution in [2.24, 2.45) is 0 Å². The van der Waals surface area contributed by atoms with E-state index in [0.717, 1.165) is 11.1 Å². The van der Waals surface area contributed by atoms with E-state index in [1.54, 1.807) is 0 Å². The molecule has 0 aliphatic rings. The molecule has 0 aliphatic heterocycles. The number of halogens is 3. The van der Waals surface area contributed by atoms with Crippen LogP contribution in [0.2, 0.25) is 0 Å². The van der Waals surface area contributed by atoms with Crippen molar-refractivity contribution in [1.82, 2.24) is 0 Å². The monoisotopic (exact) mass is 398 g/mol. The SMILES string of the molecule is CC(C)(C)c1cccc(C(Br)(Br)Br)c1O. The largest absolute Gasteiger partial charge is 0.507 e. The van der Waals surface area contributed by atoms with Crippen LogP contribution in [0, 0.1) is 0 Å². The minimum absolute atomic E-state index is 0.0711. The fourth-order valence-corrected chi connectivity index (χ4v) is 2.34. The van der Waals surface area contributed by atoms with Crippen molar-refractivity contribution in [3.8, 4) is 5.75 Å². The summed E-state index contributed by atoms with van der Waals surface area (Å²) < 4.78 is -0.571. The third-order valence-electron chi connectivity index (χ3n) is 2.15. The van der Waals surface area contributed by atoms with Gasteiger partial charge in [0.2, 0.25) is 0 Å². The van der Waals surface area contributed by atoms with E-state index >= 15 is 0 Å². The molecule has 0 amide bonds. The highest BCUT2D eigenvalue weighted by Gasteiger charge is 2.28. The molecule has 1 aromatic rings. The van der Waals surface area contributed by atoms with Gasteiger partial charge in [0.1, 0.15) is 5.75 Å². The summed E-state index contributed by atoms with van der Waals surface area (Å²) in [6, 6.07) is 5.74. The van der Waals surface area contributed by atoms with E-state index in [2.05, 4.69) is 68.6 Å². The smallest absolute Gasteiger partial charge is 0.163 e. The molecule has 0 saturated heterocycles. The molecule has 84 valence electrons. The van der Waals surface area contributed by atoms with E-state index in [0.29, 0.717) is 5.75 Å². The Morgan fingerprint density at radius 2 is 1.47 bits per heavy atom. The van der Waals surface area contributed by atoms with Crippen LogP contribution in [0.15, 0.2) is 18.2 Å². The topological polar surface area (TPSA) is 20.2 Å². The molecule has 0 unspecified atom stereocenters. The van der Waals surface area contributed by atoms with E-state index in [-0.39, 0.29) is 5.41 Å². The number of hydrogen-bond donors (Lipinski definition) is 1. The normalized spacial score (nSPS) is 12.9. The van der Waals surface area contributed by atoms with Crippen molar-refractivity contribution in [3.63, 3.8) is 0 Å². The van der Waals surface area contributed by atoms with Crippen molar-refractivity contribution in [3.05, 3.63) is 29.3 Å². The summed E-state index contributed by atoms with van der Waals surface area (Å²) in [5.41, 5.74) is 1.64. The second-order valence-corrected chi connectivity index (χ2v) is 11.2. The molecule has 1 aromatic carbocycles. The maximum absolute atomic E-state index is 10.2. The average molecular weight is 401 g/mol. The summed E-state index contributed by atoms with van der Waals surface area (Å²) in [5, 5.41) is 10.2. The van der Waals surface area contributed by atoms with Crippen molar-refractivity contribution in [2.45, 2.75) is 28.3 Å². The second-order valence-electron chi connectivity index (χ2n) is 4.45. The number of hydrogen-bond acceptors (Lipinski definition) is 1. The van der Waals surface area contributed by atoms with Crippen molar-refractivity contribution in [1.29, 1.82) is 0 Å². The number of alkyl halides is 3. The first-order valence-corrected chi connectivity index (χ1v) is 6.91. The predicted octanol–water partition coefficient (Wildman–Crippen LogP) is 4.98. The Bertz CT molecular complexity index is 329. The minimum Gasteiger partial charge on any atom is -0.507 e. The zero-order valence-electron chi connectivity index (χ0n) is 8.81. The highest BCUT2D eigenvalue weighted by Crippen LogP contribution is 2.49. The van der Waals surface area contributed by atoms with Gasteiger partial charge in [0.15, 0.2) is 2.14 Å². The molecule has 0 radical (unpaired) electrons. The van der Waals surface area contributed by atoms with Gasteiger partial charge in [0.25, 0.3) is 0 Å². The van der Waals surface area contributed by atoms with E-state index in [1.165, 1.54) is 0 Å². The number of rotatable bonds is 0. The zero-order chi connectivity index (χ0) is 11.9. The Kier molecular flexibility index (Phi) is 3.95. The third-order valence-corrected chi connectivity index (χ3v) is 3.43. The summed E-state index contributed by atoms with van der Waals surface area (Å²) in [6.07, 6.45) is 0. The number of phenols is 1. The summed E-state index contributed by atoms with van der Waals surface area (Å²) in [5.74, 6) is 0.315. The standard InChI is InChI=1S/C11H13Br3O/c1-10(2,3)7-5-4-6-8(9(7)15)11(12,13)14/h4-6,15H,1-3H3. The van der Waals surface area contributed by atoms with Crippen LogP contribution in [0.4, 0.5) is 0 Å². The molecule has 0 bridgehead atoms. The molecule has 0 spiro atoms. The summed E-state index contributed by atoms with van der Waals surface area (Å²) >= 11 is 10.2. The van der Waals surface area contributed by atoms with Crippen LogP contribution >= 0.6 is 47.8 Å². The van der Waals surface area contributed by atoms with Crippen LogP contribution < -0.4 is 0 Å². The molecule has 15 heavy (non-hydrogen) atoms. The molecule has 1 rings (SSSR count). The molecule has 4 heteroatoms. The van der Waals surface area contributed by atoms with Gasteiger partial charge >= 0.3 is 0 Å². The molecular formula is C11H13Br3O. The van der Waals surface area contributed by atoms with Gasteiger partial charge in [-0.2, -0.15) is 0 Å². The average Bonchev–Trinajstić information content (AvgIpc) is 1.99. The first-order valence-electron chi connectivity index (χ1n) is 4.53. The number of benzene rings is 1. The molecular weight excluding hydrogens is 388 g/mol. The summed E-state index contributed by atoms with van der Waals surface area (Å²) in [6.45, 7) is 6.22. The lowest BCUT2D eigenvalue weighted by molar-refractivity contribution is 0.442. The minimum atomic E-state index is -0.571. The van der Waals surface area contributed by atoms with E-state index in [4.69, 9.17) is 0 Å². The van der Waals surface area contributed by atoms with E-state index in [9.17, 15) is 5.11 Å². The Balaban J connectivity index is 3.37. The van der Waals surface area contributed by atoms with Crippen LogP contribution in [0.5, 0.6) is 5.75 Å². The van der Waals surface area contributed by atoms with E-state index < -0.39 is 2.14 Å². The Morgan fingerprint density at radius 1 is 1.00 bits per heavy atom. The maximum atomic E-state index is 10.2. The van der Waals surface area contributed by atoms with Crippen LogP contribution in [0.3, 0.4) is 0 Å². The lowest BCUT2D eigenvalue weighted by Gasteiger charge is -2.24. The molecule has 0 aliphatic carbocycles. The summed E-state index contributed by atoms with van der Waals surface area (Å²) in [7, 11) is 0. The fraction of sp³-hybridized carbons (Fsp3) is 0.455. The lowest BCUT2D eigenvalue weighted by atomic mass is 9.85. The Morgan fingerprint density at radius 3 is 1.87 bits per heavy atom. The van der Waals surface area contributed by atoms with Gasteiger partial charge in [-0.25, -0.2) is 0 Å². The van der Waals surface area contributed by atoms with Gasteiger partial charge in [0.05, 0.1) is 0 Å². The van der Waals surface area contributed by atoms with Gasteiger partial charge < -0.3 is 5.11 Å². The molecule has 1 N–H and O–H groups in total. The zero-order valence-corrected chi connectivity index (χ0v) is 13.6. The van der Waals surface area contributed by atoms with Gasteiger partial charge in [0, 0.05) is 5.56 Å². The Labute approximate surface area is 116 Å². The Hall–Kier alpha value is 0.460. The highest BCUT2D eigenvalue weighted by molar-refractivity contribution is 9.38. The predicted molar refractivity (Wildman–Crippen MR) is 75.3 cm³/mol. The lowest BCUT2D eigenvalue weighted by Crippen LogP contribution is -2.13. The van der Waals surface area contributed by atoms with Crippen molar-refractivity contribution >= 4 is 47.8 Å². The first-order chi connectivity index (χ1) is 6.64. The van der Waals surface area contributed by atoms with Gasteiger partial charge in [-0.1, -0.05) is 86.8 Å². The fourth-order valence-electron chi connectivity index (χ4n) is 1.38. The van der Waals surface area contributed by atoms with Gasteiger partial charge in [-0.05, 0) is 11.0 Å². The van der Waals surface area contributed by atoms with Crippen molar-refractivity contribution < 1.29 is 5.11 Å². The maximum Gasteiger partial charge on any atom is 0.163 e. The highest BCUT2D eigenvalue weighted by atomic mass is 80.0. The first kappa shape index (κ1) is 13.5. The molecule has 0 saturated carbocycles. The van der Waals surface area contributed by atoms with Crippen LogP contribution in [-0.2, 0) is 7.56 Å². The van der Waals surface area contributed by atoms with Crippen LogP contribution in [0.1, 0.15) is 31.9 Å².